The fourth-order valence-corrected chi connectivity index (χ4v) is 2.67. The summed E-state index contributed by atoms with van der Waals surface area (Å²) in [6, 6.07) is 1.61. The normalized spacial score (nSPS) is 44.0. The van der Waals surface area contributed by atoms with E-state index in [1.807, 2.05) is 0 Å². The highest BCUT2D eigenvalue weighted by atomic mass is 15.2. The lowest BCUT2D eigenvalue weighted by molar-refractivity contribution is 0.0928. The van der Waals surface area contributed by atoms with Gasteiger partial charge in [0, 0.05) is 25.2 Å². The van der Waals surface area contributed by atoms with E-state index in [1.54, 1.807) is 0 Å². The number of hydrogen-bond donors (Lipinski definition) is 1. The van der Waals surface area contributed by atoms with Gasteiger partial charge < -0.3 is 10.2 Å². The van der Waals surface area contributed by atoms with Crippen LogP contribution < -0.4 is 5.32 Å². The first-order valence-corrected chi connectivity index (χ1v) is 5.21. The highest BCUT2D eigenvalue weighted by Gasteiger charge is 2.33. The van der Waals surface area contributed by atoms with Crippen LogP contribution in [0, 0.1) is 5.92 Å². The van der Waals surface area contributed by atoms with E-state index in [0.717, 1.165) is 18.0 Å². The molecule has 3 atom stereocenters. The number of likely N-dealkylation sites (N-methyl/N-ethyl adjacent to an activating group) is 1. The van der Waals surface area contributed by atoms with Crippen LogP contribution in [0.25, 0.3) is 0 Å². The topological polar surface area (TPSA) is 15.3 Å². The monoisotopic (exact) mass is 168 g/mol. The number of nitrogens with zero attached hydrogens (tertiary/aromatic N) is 1. The predicted molar refractivity (Wildman–Crippen MR) is 51.2 cm³/mol. The van der Waals surface area contributed by atoms with Crippen molar-refractivity contribution in [3.63, 3.8) is 0 Å². The van der Waals surface area contributed by atoms with Gasteiger partial charge in [-0.2, -0.15) is 0 Å². The lowest BCUT2D eigenvalue weighted by Gasteiger charge is -2.44. The summed E-state index contributed by atoms with van der Waals surface area (Å²) >= 11 is 0. The summed E-state index contributed by atoms with van der Waals surface area (Å²) in [7, 11) is 2.27. The molecule has 2 nitrogen and oxygen atoms in total. The molecule has 1 aliphatic carbocycles. The van der Waals surface area contributed by atoms with E-state index < -0.39 is 0 Å². The molecule has 3 unspecified atom stereocenters. The van der Waals surface area contributed by atoms with Gasteiger partial charge in [0.1, 0.15) is 0 Å². The van der Waals surface area contributed by atoms with Crippen molar-refractivity contribution in [2.24, 2.45) is 5.92 Å². The van der Waals surface area contributed by atoms with Gasteiger partial charge in [-0.15, -0.1) is 0 Å². The molecule has 1 saturated heterocycles. The van der Waals surface area contributed by atoms with Crippen molar-refractivity contribution in [3.05, 3.63) is 0 Å². The van der Waals surface area contributed by atoms with Crippen molar-refractivity contribution in [3.8, 4) is 0 Å². The number of nitrogens with one attached hydrogen (secondary N) is 1. The standard InChI is InChI=1S/C10H20N2/c1-8-3-4-9-10(7-8)12(2)6-5-11-9/h8-11H,3-7H2,1-2H3. The van der Waals surface area contributed by atoms with Crippen molar-refractivity contribution >= 4 is 0 Å². The highest BCUT2D eigenvalue weighted by molar-refractivity contribution is 4.92. The third-order valence-electron chi connectivity index (χ3n) is 3.52. The van der Waals surface area contributed by atoms with Crippen LogP contribution >= 0.6 is 0 Å². The summed E-state index contributed by atoms with van der Waals surface area (Å²) in [6.45, 7) is 4.80. The molecule has 70 valence electrons. The quantitative estimate of drug-likeness (QED) is 0.582. The maximum atomic E-state index is 3.63. The number of rotatable bonds is 0. The third-order valence-corrected chi connectivity index (χ3v) is 3.52. The largest absolute Gasteiger partial charge is 0.311 e. The first-order chi connectivity index (χ1) is 5.77. The summed E-state index contributed by atoms with van der Waals surface area (Å²) < 4.78 is 0. The molecule has 0 aromatic heterocycles. The molecule has 12 heavy (non-hydrogen) atoms. The molecule has 2 fully saturated rings. The van der Waals surface area contributed by atoms with Crippen molar-refractivity contribution in [2.75, 3.05) is 20.1 Å². The molecule has 0 radical (unpaired) electrons. The van der Waals surface area contributed by atoms with Crippen molar-refractivity contribution in [1.29, 1.82) is 0 Å². The van der Waals surface area contributed by atoms with Gasteiger partial charge in [0.15, 0.2) is 0 Å². The second kappa shape index (κ2) is 3.35. The molecule has 1 aliphatic heterocycles. The SMILES string of the molecule is CC1CCC2NCCN(C)C2C1. The van der Waals surface area contributed by atoms with Crippen molar-refractivity contribution in [2.45, 2.75) is 38.3 Å². The molecule has 2 rings (SSSR count). The molecule has 2 aliphatic rings. The molecule has 2 heteroatoms. The number of hydrogen-bond acceptors (Lipinski definition) is 2. The predicted octanol–water partition coefficient (Wildman–Crippen LogP) is 1.08. The Labute approximate surface area is 75.3 Å². The van der Waals surface area contributed by atoms with E-state index in [1.165, 1.54) is 32.4 Å². The van der Waals surface area contributed by atoms with Gasteiger partial charge >= 0.3 is 0 Å². The molecule has 1 N–H and O–H groups in total. The van der Waals surface area contributed by atoms with Crippen LogP contribution in [0.1, 0.15) is 26.2 Å². The minimum atomic E-state index is 0.792. The molecular weight excluding hydrogens is 148 g/mol. The zero-order valence-electron chi connectivity index (χ0n) is 8.21. The number of piperazine rings is 1. The van der Waals surface area contributed by atoms with E-state index in [-0.39, 0.29) is 0 Å². The van der Waals surface area contributed by atoms with Crippen LogP contribution in [-0.2, 0) is 0 Å². The molecule has 0 aromatic rings. The maximum absolute atomic E-state index is 3.63. The Morgan fingerprint density at radius 2 is 2.17 bits per heavy atom. The Morgan fingerprint density at radius 1 is 1.33 bits per heavy atom. The van der Waals surface area contributed by atoms with Crippen LogP contribution in [0.5, 0.6) is 0 Å². The molecule has 1 heterocycles. The highest BCUT2D eigenvalue weighted by Crippen LogP contribution is 2.28. The van der Waals surface area contributed by atoms with Crippen LogP contribution in [0.15, 0.2) is 0 Å². The average Bonchev–Trinajstić information content (AvgIpc) is 2.07. The van der Waals surface area contributed by atoms with Gasteiger partial charge in [-0.1, -0.05) is 6.92 Å². The first kappa shape index (κ1) is 8.52. The lowest BCUT2D eigenvalue weighted by Crippen LogP contribution is -2.58. The Kier molecular flexibility index (Phi) is 2.37. The zero-order chi connectivity index (χ0) is 8.55. The Morgan fingerprint density at radius 3 is 3.00 bits per heavy atom. The minimum Gasteiger partial charge on any atom is -0.311 e. The van der Waals surface area contributed by atoms with Crippen LogP contribution in [0.3, 0.4) is 0 Å². The molecule has 0 amide bonds. The molecule has 0 bridgehead atoms. The van der Waals surface area contributed by atoms with E-state index >= 15 is 0 Å². The summed E-state index contributed by atoms with van der Waals surface area (Å²) in [5.41, 5.74) is 0. The summed E-state index contributed by atoms with van der Waals surface area (Å²) in [5.74, 6) is 0.939. The Bertz CT molecular complexity index is 158. The van der Waals surface area contributed by atoms with Gasteiger partial charge in [0.05, 0.1) is 0 Å². The Hall–Kier alpha value is -0.0800. The molecular formula is C10H20N2. The second-order valence-corrected chi connectivity index (χ2v) is 4.53. The van der Waals surface area contributed by atoms with Gasteiger partial charge in [0.2, 0.25) is 0 Å². The van der Waals surface area contributed by atoms with E-state index in [2.05, 4.69) is 24.2 Å². The van der Waals surface area contributed by atoms with Gasteiger partial charge in [-0.25, -0.2) is 0 Å². The summed E-state index contributed by atoms with van der Waals surface area (Å²) in [6.07, 6.45) is 4.20. The van der Waals surface area contributed by atoms with Gasteiger partial charge in [-0.3, -0.25) is 0 Å². The van der Waals surface area contributed by atoms with Crippen molar-refractivity contribution < 1.29 is 0 Å². The van der Waals surface area contributed by atoms with Crippen LogP contribution in [-0.4, -0.2) is 37.1 Å². The molecule has 1 saturated carbocycles. The lowest BCUT2D eigenvalue weighted by atomic mass is 9.82. The fourth-order valence-electron chi connectivity index (χ4n) is 2.67. The summed E-state index contributed by atoms with van der Waals surface area (Å²) in [5, 5.41) is 3.63. The third kappa shape index (κ3) is 1.50. The first-order valence-electron chi connectivity index (χ1n) is 5.21. The van der Waals surface area contributed by atoms with Crippen LogP contribution in [0.4, 0.5) is 0 Å². The van der Waals surface area contributed by atoms with E-state index in [4.69, 9.17) is 0 Å². The van der Waals surface area contributed by atoms with Gasteiger partial charge in [0.25, 0.3) is 0 Å². The minimum absolute atomic E-state index is 0.792. The molecule has 0 spiro atoms. The van der Waals surface area contributed by atoms with E-state index in [0.29, 0.717) is 0 Å². The van der Waals surface area contributed by atoms with Gasteiger partial charge in [-0.05, 0) is 32.2 Å². The fraction of sp³-hybridized carbons (Fsp3) is 1.00. The molecule has 0 aromatic carbocycles. The number of fused-ring (bicyclic) bond motifs is 1. The average molecular weight is 168 g/mol. The summed E-state index contributed by atoms with van der Waals surface area (Å²) in [4.78, 5) is 2.54. The van der Waals surface area contributed by atoms with E-state index in [9.17, 15) is 0 Å². The van der Waals surface area contributed by atoms with Crippen LogP contribution in [0.2, 0.25) is 0 Å². The maximum Gasteiger partial charge on any atom is 0.0249 e. The Balaban J connectivity index is 2.00. The zero-order valence-corrected chi connectivity index (χ0v) is 8.21. The van der Waals surface area contributed by atoms with Crippen molar-refractivity contribution in [1.82, 2.24) is 10.2 Å². The second-order valence-electron chi connectivity index (χ2n) is 4.53. The smallest absolute Gasteiger partial charge is 0.0249 e.